The Morgan fingerprint density at radius 2 is 2.00 bits per heavy atom. The van der Waals surface area contributed by atoms with Gasteiger partial charge >= 0.3 is 0 Å². The molecule has 0 bridgehead atoms. The molecular formula is C9H7Cl2NO2. The van der Waals surface area contributed by atoms with E-state index in [1.807, 2.05) is 0 Å². The largest absolute Gasteiger partial charge is 0.506 e. The third kappa shape index (κ3) is 2.00. The third-order valence-corrected chi connectivity index (χ3v) is 2.30. The average Bonchev–Trinajstić information content (AvgIpc) is 2.16. The zero-order chi connectivity index (χ0) is 10.7. The van der Waals surface area contributed by atoms with Crippen molar-refractivity contribution in [3.8, 4) is 5.75 Å². The van der Waals surface area contributed by atoms with Crippen LogP contribution in [0.5, 0.6) is 5.75 Å². The van der Waals surface area contributed by atoms with E-state index in [2.05, 4.69) is 0 Å². The first-order valence-corrected chi connectivity index (χ1v) is 4.47. The number of carbonyl (C=O) groups excluding carboxylic acids is 1. The number of hydrogen-bond acceptors (Lipinski definition) is 2. The van der Waals surface area contributed by atoms with Gasteiger partial charge in [0, 0.05) is 11.1 Å². The van der Waals surface area contributed by atoms with Crippen LogP contribution in [0.15, 0.2) is 23.7 Å². The highest BCUT2D eigenvalue weighted by Crippen LogP contribution is 2.31. The maximum Gasteiger partial charge on any atom is 0.252 e. The van der Waals surface area contributed by atoms with Crippen molar-refractivity contribution in [3.63, 3.8) is 0 Å². The summed E-state index contributed by atoms with van der Waals surface area (Å²) in [6.45, 7) is 0. The van der Waals surface area contributed by atoms with Crippen LogP contribution in [0.1, 0.15) is 15.9 Å². The van der Waals surface area contributed by atoms with Gasteiger partial charge in [0.25, 0.3) is 5.91 Å². The third-order valence-electron chi connectivity index (χ3n) is 1.65. The Balaban J connectivity index is 3.35. The molecule has 0 aliphatic heterocycles. The molecule has 0 atom stereocenters. The van der Waals surface area contributed by atoms with Crippen molar-refractivity contribution >= 4 is 34.1 Å². The molecule has 0 aliphatic carbocycles. The smallest absolute Gasteiger partial charge is 0.252 e. The summed E-state index contributed by atoms with van der Waals surface area (Å²) >= 11 is 11.1. The fourth-order valence-corrected chi connectivity index (χ4v) is 1.26. The molecule has 0 heterocycles. The van der Waals surface area contributed by atoms with Crippen molar-refractivity contribution in [1.82, 2.24) is 0 Å². The Kier molecular flexibility index (Phi) is 3.38. The minimum atomic E-state index is -0.719. The van der Waals surface area contributed by atoms with Gasteiger partial charge in [-0.05, 0) is 12.1 Å². The van der Waals surface area contributed by atoms with Gasteiger partial charge in [0.15, 0.2) is 0 Å². The van der Waals surface area contributed by atoms with Crippen LogP contribution in [-0.4, -0.2) is 11.0 Å². The first kappa shape index (κ1) is 10.9. The summed E-state index contributed by atoms with van der Waals surface area (Å²) in [7, 11) is 0. The summed E-state index contributed by atoms with van der Waals surface area (Å²) in [6, 6.07) is 4.49. The highest BCUT2D eigenvalue weighted by atomic mass is 35.5. The first-order valence-electron chi connectivity index (χ1n) is 3.66. The van der Waals surface area contributed by atoms with E-state index in [0.29, 0.717) is 0 Å². The van der Waals surface area contributed by atoms with E-state index in [1.165, 1.54) is 12.1 Å². The van der Waals surface area contributed by atoms with Crippen molar-refractivity contribution in [3.05, 3.63) is 34.9 Å². The molecule has 0 radical (unpaired) electrons. The Morgan fingerprint density at radius 1 is 1.43 bits per heavy atom. The van der Waals surface area contributed by atoms with Crippen molar-refractivity contribution in [2.45, 2.75) is 0 Å². The molecule has 0 spiro atoms. The molecule has 1 aromatic rings. The molecule has 0 saturated carbocycles. The van der Waals surface area contributed by atoms with Crippen LogP contribution < -0.4 is 5.73 Å². The number of aromatic hydroxyl groups is 1. The van der Waals surface area contributed by atoms with Crippen LogP contribution in [0.3, 0.4) is 0 Å². The van der Waals surface area contributed by atoms with E-state index in [0.717, 1.165) is 5.54 Å². The van der Waals surface area contributed by atoms with Crippen molar-refractivity contribution in [2.75, 3.05) is 0 Å². The fourth-order valence-electron chi connectivity index (χ4n) is 0.994. The number of rotatable bonds is 2. The summed E-state index contributed by atoms with van der Waals surface area (Å²) in [5.41, 5.74) is 6.42. The lowest BCUT2D eigenvalue weighted by Crippen LogP contribution is -2.11. The van der Waals surface area contributed by atoms with Gasteiger partial charge in [-0.1, -0.05) is 29.3 Å². The van der Waals surface area contributed by atoms with Gasteiger partial charge in [-0.2, -0.15) is 0 Å². The van der Waals surface area contributed by atoms with Crippen molar-refractivity contribution in [2.24, 2.45) is 5.73 Å². The van der Waals surface area contributed by atoms with Gasteiger partial charge < -0.3 is 10.8 Å². The molecule has 0 aliphatic rings. The lowest BCUT2D eigenvalue weighted by atomic mass is 10.1. The molecular weight excluding hydrogens is 225 g/mol. The normalized spacial score (nSPS) is 11.4. The maximum atomic E-state index is 10.9. The number of halogens is 2. The molecule has 3 nitrogen and oxygen atoms in total. The van der Waals surface area contributed by atoms with E-state index in [1.54, 1.807) is 6.07 Å². The van der Waals surface area contributed by atoms with Crippen LogP contribution in [0.25, 0.3) is 5.03 Å². The molecule has 1 amide bonds. The summed E-state index contributed by atoms with van der Waals surface area (Å²) in [4.78, 5) is 10.9. The standard InChI is InChI=1S/C9H7Cl2NO2/c10-4-7(11)5-2-1-3-6(8(5)13)9(12)14/h1-4,13H,(H2,12,14)/b7-4-. The van der Waals surface area contributed by atoms with E-state index in [-0.39, 0.29) is 21.9 Å². The quantitative estimate of drug-likeness (QED) is 0.821. The van der Waals surface area contributed by atoms with Gasteiger partial charge in [-0.15, -0.1) is 0 Å². The van der Waals surface area contributed by atoms with Gasteiger partial charge in [0.2, 0.25) is 0 Å². The first-order chi connectivity index (χ1) is 6.57. The lowest BCUT2D eigenvalue weighted by molar-refractivity contribution is 0.0997. The zero-order valence-corrected chi connectivity index (χ0v) is 8.51. The number of hydrogen-bond donors (Lipinski definition) is 2. The molecule has 14 heavy (non-hydrogen) atoms. The number of primary amides is 1. The summed E-state index contributed by atoms with van der Waals surface area (Å²) in [5, 5.41) is 9.72. The minimum Gasteiger partial charge on any atom is -0.506 e. The number of benzene rings is 1. The van der Waals surface area contributed by atoms with Crippen LogP contribution in [0.2, 0.25) is 0 Å². The van der Waals surface area contributed by atoms with E-state index in [9.17, 15) is 9.90 Å². The van der Waals surface area contributed by atoms with Crippen LogP contribution in [0, 0.1) is 0 Å². The van der Waals surface area contributed by atoms with Gasteiger partial charge in [0.1, 0.15) is 5.75 Å². The Bertz CT molecular complexity index is 402. The Morgan fingerprint density at radius 3 is 2.50 bits per heavy atom. The van der Waals surface area contributed by atoms with E-state index in [4.69, 9.17) is 28.9 Å². The summed E-state index contributed by atoms with van der Waals surface area (Å²) in [5.74, 6) is -0.981. The molecule has 74 valence electrons. The van der Waals surface area contributed by atoms with Crippen LogP contribution >= 0.6 is 23.2 Å². The molecule has 0 fully saturated rings. The second kappa shape index (κ2) is 4.35. The summed E-state index contributed by atoms with van der Waals surface area (Å²) in [6.07, 6.45) is 0. The molecule has 0 aromatic heterocycles. The SMILES string of the molecule is NC(=O)c1cccc(/C(Cl)=C/Cl)c1O. The number of amides is 1. The second-order valence-electron chi connectivity index (χ2n) is 2.52. The lowest BCUT2D eigenvalue weighted by Gasteiger charge is -2.05. The number of carbonyl (C=O) groups is 1. The highest BCUT2D eigenvalue weighted by Gasteiger charge is 2.12. The van der Waals surface area contributed by atoms with E-state index >= 15 is 0 Å². The molecule has 3 N–H and O–H groups in total. The fraction of sp³-hybridized carbons (Fsp3) is 0. The monoisotopic (exact) mass is 231 g/mol. The summed E-state index contributed by atoms with van der Waals surface area (Å²) < 4.78 is 0. The predicted molar refractivity (Wildman–Crippen MR) is 56.3 cm³/mol. The van der Waals surface area contributed by atoms with Crippen molar-refractivity contribution < 1.29 is 9.90 Å². The zero-order valence-electron chi connectivity index (χ0n) is 7.00. The number of phenols is 1. The highest BCUT2D eigenvalue weighted by molar-refractivity contribution is 6.53. The predicted octanol–water partition coefficient (Wildman–Crippen LogP) is 2.27. The maximum absolute atomic E-state index is 10.9. The molecule has 0 unspecified atom stereocenters. The molecule has 0 saturated heterocycles. The van der Waals surface area contributed by atoms with E-state index < -0.39 is 5.91 Å². The van der Waals surface area contributed by atoms with Crippen LogP contribution in [0.4, 0.5) is 0 Å². The number of para-hydroxylation sites is 1. The Hall–Kier alpha value is -1.19. The molecule has 1 rings (SSSR count). The second-order valence-corrected chi connectivity index (χ2v) is 3.15. The van der Waals surface area contributed by atoms with Crippen LogP contribution in [-0.2, 0) is 0 Å². The van der Waals surface area contributed by atoms with Gasteiger partial charge in [-0.3, -0.25) is 4.79 Å². The minimum absolute atomic E-state index is 0.0131. The Labute approximate surface area is 90.7 Å². The van der Waals surface area contributed by atoms with Gasteiger partial charge in [0.05, 0.1) is 10.6 Å². The molecule has 1 aromatic carbocycles. The molecule has 5 heteroatoms. The average molecular weight is 232 g/mol. The number of nitrogens with two attached hydrogens (primary N) is 1. The van der Waals surface area contributed by atoms with Gasteiger partial charge in [-0.25, -0.2) is 0 Å². The van der Waals surface area contributed by atoms with Crippen molar-refractivity contribution in [1.29, 1.82) is 0 Å². The topological polar surface area (TPSA) is 63.3 Å².